The number of benzene rings is 3. The highest BCUT2D eigenvalue weighted by Crippen LogP contribution is 2.36. The Morgan fingerprint density at radius 3 is 2.35 bits per heavy atom. The van der Waals surface area contributed by atoms with Crippen molar-refractivity contribution in [3.05, 3.63) is 94.5 Å². The lowest BCUT2D eigenvalue weighted by Crippen LogP contribution is -2.51. The summed E-state index contributed by atoms with van der Waals surface area (Å²) >= 11 is 6.15. The fraction of sp³-hybridized carbons (Fsp3) is 0.333. The summed E-state index contributed by atoms with van der Waals surface area (Å²) in [6.45, 7) is 5.88. The maximum absolute atomic E-state index is 13.9. The molecule has 2 amide bonds. The monoisotopic (exact) mass is 517 g/mol. The summed E-state index contributed by atoms with van der Waals surface area (Å²) in [5, 5.41) is 0.522. The highest BCUT2D eigenvalue weighted by Gasteiger charge is 2.43. The second-order valence-corrected chi connectivity index (χ2v) is 10.2. The Kier molecular flexibility index (Phi) is 7.38. The summed E-state index contributed by atoms with van der Waals surface area (Å²) in [7, 11) is 1.64. The van der Waals surface area contributed by atoms with E-state index in [0.29, 0.717) is 36.8 Å². The number of rotatable bonds is 5. The van der Waals surface area contributed by atoms with E-state index in [4.69, 9.17) is 16.3 Å². The van der Waals surface area contributed by atoms with E-state index in [1.165, 1.54) is 11.3 Å². The molecule has 0 unspecified atom stereocenters. The molecule has 2 heterocycles. The second kappa shape index (κ2) is 10.9. The summed E-state index contributed by atoms with van der Waals surface area (Å²) in [5.41, 5.74) is 4.02. The van der Waals surface area contributed by atoms with E-state index in [1.54, 1.807) is 36.3 Å². The first kappa shape index (κ1) is 25.2. The van der Waals surface area contributed by atoms with E-state index in [9.17, 15) is 9.59 Å². The number of carbonyl (C=O) groups is 2. The van der Waals surface area contributed by atoms with Gasteiger partial charge in [-0.2, -0.15) is 0 Å². The molecule has 0 radical (unpaired) electrons. The third-order valence-electron chi connectivity index (χ3n) is 7.57. The van der Waals surface area contributed by atoms with Gasteiger partial charge < -0.3 is 19.4 Å². The summed E-state index contributed by atoms with van der Waals surface area (Å²) in [6.07, 6.45) is 0. The molecule has 0 N–H and O–H groups in total. The van der Waals surface area contributed by atoms with Crippen molar-refractivity contribution < 1.29 is 14.3 Å². The number of methoxy groups -OCH3 is 1. The number of amides is 2. The largest absolute Gasteiger partial charge is 0.497 e. The van der Waals surface area contributed by atoms with Gasteiger partial charge >= 0.3 is 0 Å². The zero-order chi connectivity index (χ0) is 25.9. The Morgan fingerprint density at radius 1 is 0.865 bits per heavy atom. The van der Waals surface area contributed by atoms with E-state index in [0.717, 1.165) is 24.4 Å². The first-order valence-electron chi connectivity index (χ1n) is 12.7. The van der Waals surface area contributed by atoms with Crippen LogP contribution < -0.4 is 9.64 Å². The van der Waals surface area contributed by atoms with Crippen molar-refractivity contribution in [1.29, 1.82) is 0 Å². The smallest absolute Gasteiger partial charge is 0.253 e. The van der Waals surface area contributed by atoms with Crippen LogP contribution in [0.4, 0.5) is 5.69 Å². The van der Waals surface area contributed by atoms with Crippen molar-refractivity contribution in [3.63, 3.8) is 0 Å². The SMILES string of the molecule is COc1cccc([C@H]2CN(C(=O)c3cccc(Cl)c3)C[C@H]2C(=O)N2CCN(c3ccccc3C)CC2)c1. The maximum atomic E-state index is 13.9. The molecule has 2 atom stereocenters. The van der Waals surface area contributed by atoms with Gasteiger partial charge in [0.05, 0.1) is 13.0 Å². The van der Waals surface area contributed by atoms with Gasteiger partial charge in [0.1, 0.15) is 5.75 Å². The predicted octanol–water partition coefficient (Wildman–Crippen LogP) is 4.86. The second-order valence-electron chi connectivity index (χ2n) is 9.81. The molecular weight excluding hydrogens is 486 g/mol. The molecule has 3 aromatic rings. The summed E-state index contributed by atoms with van der Waals surface area (Å²) in [6, 6.07) is 23.2. The first-order chi connectivity index (χ1) is 17.9. The minimum Gasteiger partial charge on any atom is -0.497 e. The van der Waals surface area contributed by atoms with Crippen LogP contribution in [0.2, 0.25) is 5.02 Å². The third-order valence-corrected chi connectivity index (χ3v) is 7.80. The van der Waals surface area contributed by atoms with Gasteiger partial charge in [0.25, 0.3) is 5.91 Å². The van der Waals surface area contributed by atoms with Gasteiger partial charge in [-0.25, -0.2) is 0 Å². The van der Waals surface area contributed by atoms with Crippen molar-refractivity contribution in [2.75, 3.05) is 51.3 Å². The number of piperazine rings is 1. The molecule has 7 heteroatoms. The molecule has 37 heavy (non-hydrogen) atoms. The number of carbonyl (C=O) groups excluding carboxylic acids is 2. The van der Waals surface area contributed by atoms with Gasteiger partial charge in [0.15, 0.2) is 0 Å². The number of likely N-dealkylation sites (tertiary alicyclic amines) is 1. The fourth-order valence-corrected chi connectivity index (χ4v) is 5.74. The topological polar surface area (TPSA) is 53.1 Å². The Morgan fingerprint density at radius 2 is 1.62 bits per heavy atom. The number of anilines is 1. The highest BCUT2D eigenvalue weighted by molar-refractivity contribution is 6.31. The van der Waals surface area contributed by atoms with Crippen molar-refractivity contribution >= 4 is 29.1 Å². The zero-order valence-electron chi connectivity index (χ0n) is 21.3. The number of hydrogen-bond donors (Lipinski definition) is 0. The molecule has 2 saturated heterocycles. The lowest BCUT2D eigenvalue weighted by atomic mass is 9.87. The van der Waals surface area contributed by atoms with Crippen LogP contribution >= 0.6 is 11.6 Å². The number of aryl methyl sites for hydroxylation is 1. The molecular formula is C30H32ClN3O3. The van der Waals surface area contributed by atoms with E-state index < -0.39 is 0 Å². The number of nitrogens with zero attached hydrogens (tertiary/aromatic N) is 3. The molecule has 5 rings (SSSR count). The third kappa shape index (κ3) is 5.30. The van der Waals surface area contributed by atoms with Gasteiger partial charge in [-0.1, -0.05) is 48.0 Å². The van der Waals surface area contributed by atoms with Crippen LogP contribution in [0.15, 0.2) is 72.8 Å². The number of halogens is 1. The summed E-state index contributed by atoms with van der Waals surface area (Å²) in [5.74, 6) is 0.323. The predicted molar refractivity (Wildman–Crippen MR) is 147 cm³/mol. The van der Waals surface area contributed by atoms with Gasteiger partial charge in [-0.05, 0) is 54.4 Å². The lowest BCUT2D eigenvalue weighted by Gasteiger charge is -2.38. The summed E-state index contributed by atoms with van der Waals surface area (Å²) < 4.78 is 5.45. The van der Waals surface area contributed by atoms with Crippen molar-refractivity contribution in [1.82, 2.24) is 9.80 Å². The normalized spacial score (nSPS) is 19.7. The summed E-state index contributed by atoms with van der Waals surface area (Å²) in [4.78, 5) is 33.4. The van der Waals surface area contributed by atoms with Crippen LogP contribution in [0, 0.1) is 12.8 Å². The quantitative estimate of drug-likeness (QED) is 0.485. The molecule has 0 bridgehead atoms. The highest BCUT2D eigenvalue weighted by atomic mass is 35.5. The van der Waals surface area contributed by atoms with E-state index in [1.807, 2.05) is 35.2 Å². The van der Waals surface area contributed by atoms with Gasteiger partial charge in [-0.3, -0.25) is 9.59 Å². The van der Waals surface area contributed by atoms with Crippen LogP contribution in [0.25, 0.3) is 0 Å². The average molecular weight is 518 g/mol. The Bertz CT molecular complexity index is 1290. The molecule has 0 saturated carbocycles. The molecule has 192 valence electrons. The molecule has 2 fully saturated rings. The maximum Gasteiger partial charge on any atom is 0.253 e. The average Bonchev–Trinajstić information content (AvgIpc) is 3.38. The van der Waals surface area contributed by atoms with E-state index in [-0.39, 0.29) is 23.7 Å². The zero-order valence-corrected chi connectivity index (χ0v) is 22.0. The van der Waals surface area contributed by atoms with Crippen molar-refractivity contribution in [2.45, 2.75) is 12.8 Å². The molecule has 0 spiro atoms. The molecule has 2 aliphatic rings. The van der Waals surface area contributed by atoms with Crippen LogP contribution in [0.1, 0.15) is 27.4 Å². The fourth-order valence-electron chi connectivity index (χ4n) is 5.55. The van der Waals surface area contributed by atoms with Gasteiger partial charge in [-0.15, -0.1) is 0 Å². The van der Waals surface area contributed by atoms with Crippen molar-refractivity contribution in [3.8, 4) is 5.75 Å². The number of hydrogen-bond acceptors (Lipinski definition) is 4. The Labute approximate surface area is 223 Å². The first-order valence-corrected chi connectivity index (χ1v) is 13.1. The molecule has 2 aliphatic heterocycles. The van der Waals surface area contributed by atoms with Crippen LogP contribution in [0.5, 0.6) is 5.75 Å². The van der Waals surface area contributed by atoms with Crippen LogP contribution in [-0.2, 0) is 4.79 Å². The van der Waals surface area contributed by atoms with Gasteiger partial charge in [0.2, 0.25) is 5.91 Å². The molecule has 0 aliphatic carbocycles. The standard InChI is InChI=1S/C30H32ClN3O3/c1-21-7-3-4-12-28(21)32-13-15-33(16-14-32)30(36)27-20-34(29(35)23-9-5-10-24(31)17-23)19-26(27)22-8-6-11-25(18-22)37-2/h3-12,17-18,26-27H,13-16,19-20H2,1-2H3/t26-,27-/m1/s1. The minimum atomic E-state index is -0.319. The molecule has 3 aromatic carbocycles. The number of para-hydroxylation sites is 1. The van der Waals surface area contributed by atoms with Crippen molar-refractivity contribution in [2.24, 2.45) is 5.92 Å². The van der Waals surface area contributed by atoms with Crippen LogP contribution in [0.3, 0.4) is 0 Å². The number of ether oxygens (including phenoxy) is 1. The lowest BCUT2D eigenvalue weighted by molar-refractivity contribution is -0.135. The molecule has 6 nitrogen and oxygen atoms in total. The Balaban J connectivity index is 1.36. The van der Waals surface area contributed by atoms with E-state index in [2.05, 4.69) is 30.0 Å². The Hall–Kier alpha value is -3.51. The van der Waals surface area contributed by atoms with Crippen LogP contribution in [-0.4, -0.2) is 68.0 Å². The van der Waals surface area contributed by atoms with Gasteiger partial charge in [0, 0.05) is 61.5 Å². The van der Waals surface area contributed by atoms with E-state index >= 15 is 0 Å². The molecule has 0 aromatic heterocycles. The minimum absolute atomic E-state index is 0.102.